The summed E-state index contributed by atoms with van der Waals surface area (Å²) in [6, 6.07) is -4.31. The molecule has 0 spiro atoms. The van der Waals surface area contributed by atoms with Gasteiger partial charge in [0.2, 0.25) is 53.2 Å². The fourth-order valence-electron chi connectivity index (χ4n) is 6.93. The third-order valence-corrected chi connectivity index (χ3v) is 11.8. The number of carboxylic acid groups (broad SMARTS) is 1. The summed E-state index contributed by atoms with van der Waals surface area (Å²) in [6.45, 7) is 3.15. The lowest BCUT2D eigenvalue weighted by Crippen LogP contribution is -2.60. The van der Waals surface area contributed by atoms with Crippen LogP contribution in [0.25, 0.3) is 0 Å². The number of nitrogens with one attached hydrogen (secondary N) is 7. The van der Waals surface area contributed by atoms with Crippen molar-refractivity contribution in [3.63, 3.8) is 0 Å². The Morgan fingerprint density at radius 3 is 1.79 bits per heavy atom. The molecule has 0 unspecified atom stereocenters. The largest absolute Gasteiger partial charge is 0.508 e. The lowest BCUT2D eigenvalue weighted by molar-refractivity contribution is -0.142. The third kappa shape index (κ3) is 20.9. The number of rotatable bonds is 30. The van der Waals surface area contributed by atoms with Gasteiger partial charge < -0.3 is 75.3 Å². The maximum atomic E-state index is 13.8. The number of carboxylic acids is 1. The SMILES string of the molecule is CC(C)C[C@H](NC(=O)[C@H](CS)NC(=O)[C@H](CCC(N)=O)NC(=O)[C@@H]1CCCN1C(=O)CNC(=O)[C@H](Cc1ccc(O)cc1)NC(=O)[C@@H](N)CS)C(=O)N[C@@H](CS)C(=O)N[C@@H](CCCN=C(N)N)C(=O)O. The Kier molecular flexibility index (Phi) is 26.3. The molecule has 28 heteroatoms. The van der Waals surface area contributed by atoms with E-state index in [1.807, 2.05) is 0 Å². The van der Waals surface area contributed by atoms with E-state index in [0.717, 1.165) is 0 Å². The second-order valence-electron chi connectivity index (χ2n) is 16.8. The highest BCUT2D eigenvalue weighted by Gasteiger charge is 2.38. The number of phenolic OH excluding ortho intramolecular Hbond substituents is 1. The fraction of sp³-hybridized carbons (Fsp3) is 0.595. The Bertz CT molecular complexity index is 2030. The Balaban J connectivity index is 2.17. The molecule has 9 amide bonds. The number of phenols is 1. The normalized spacial score (nSPS) is 16.2. The van der Waals surface area contributed by atoms with Gasteiger partial charge in [0.25, 0.3) is 0 Å². The fourth-order valence-corrected chi connectivity index (χ4v) is 7.61. The number of hydrogen-bond acceptors (Lipinski definition) is 16. The van der Waals surface area contributed by atoms with Crippen molar-refractivity contribution in [2.24, 2.45) is 33.8 Å². The number of aliphatic imine (C=N–C) groups is 1. The first-order valence-electron chi connectivity index (χ1n) is 22.3. The maximum absolute atomic E-state index is 13.8. The summed E-state index contributed by atoms with van der Waals surface area (Å²) in [5, 5.41) is 36.8. The van der Waals surface area contributed by atoms with Crippen molar-refractivity contribution in [1.29, 1.82) is 0 Å². The van der Waals surface area contributed by atoms with Gasteiger partial charge in [0.05, 0.1) is 12.6 Å². The second kappa shape index (κ2) is 30.6. The molecule has 1 fully saturated rings. The van der Waals surface area contributed by atoms with Gasteiger partial charge in [-0.15, -0.1) is 0 Å². The number of aromatic hydroxyl groups is 1. The highest BCUT2D eigenvalue weighted by atomic mass is 32.1. The average molecular weight is 1040 g/mol. The summed E-state index contributed by atoms with van der Waals surface area (Å²) in [7, 11) is 0. The van der Waals surface area contributed by atoms with Crippen molar-refractivity contribution in [3.8, 4) is 5.75 Å². The van der Waals surface area contributed by atoms with Crippen molar-refractivity contribution >= 4 is 103 Å². The van der Waals surface area contributed by atoms with Crippen LogP contribution in [0.15, 0.2) is 29.3 Å². The van der Waals surface area contributed by atoms with Crippen molar-refractivity contribution in [1.82, 2.24) is 42.1 Å². The van der Waals surface area contributed by atoms with Crippen molar-refractivity contribution in [2.75, 3.05) is 36.9 Å². The van der Waals surface area contributed by atoms with Gasteiger partial charge in [0, 0.05) is 43.2 Å². The van der Waals surface area contributed by atoms with E-state index in [1.54, 1.807) is 26.0 Å². The van der Waals surface area contributed by atoms with E-state index in [1.165, 1.54) is 17.0 Å². The molecule has 0 radical (unpaired) electrons. The van der Waals surface area contributed by atoms with Gasteiger partial charge in [-0.05, 0) is 62.1 Å². The highest BCUT2D eigenvalue weighted by molar-refractivity contribution is 7.80. The van der Waals surface area contributed by atoms with Crippen LogP contribution in [0.3, 0.4) is 0 Å². The van der Waals surface area contributed by atoms with Crippen LogP contribution >= 0.6 is 37.9 Å². The molecule has 1 saturated heterocycles. The van der Waals surface area contributed by atoms with Crippen LogP contribution in [0.2, 0.25) is 0 Å². The zero-order valence-corrected chi connectivity index (χ0v) is 41.6. The lowest BCUT2D eigenvalue weighted by Gasteiger charge is -2.28. The number of carbonyl (C=O) groups excluding carboxylic acids is 9. The summed E-state index contributed by atoms with van der Waals surface area (Å²) in [5.74, 6) is -9.50. The van der Waals surface area contributed by atoms with E-state index in [0.29, 0.717) is 12.0 Å². The smallest absolute Gasteiger partial charge is 0.326 e. The monoisotopic (exact) mass is 1040 g/mol. The van der Waals surface area contributed by atoms with Crippen LogP contribution in [0.4, 0.5) is 0 Å². The van der Waals surface area contributed by atoms with Crippen LogP contribution in [0, 0.1) is 5.92 Å². The number of carbonyl (C=O) groups is 10. The summed E-state index contributed by atoms with van der Waals surface area (Å²) in [6.07, 6.45) is 0.0301. The first-order valence-corrected chi connectivity index (χ1v) is 24.2. The summed E-state index contributed by atoms with van der Waals surface area (Å²) in [4.78, 5) is 136. The van der Waals surface area contributed by atoms with Crippen LogP contribution in [0.5, 0.6) is 5.75 Å². The van der Waals surface area contributed by atoms with Crippen molar-refractivity contribution in [2.45, 2.75) is 114 Å². The van der Waals surface area contributed by atoms with Gasteiger partial charge in [-0.25, -0.2) is 4.79 Å². The van der Waals surface area contributed by atoms with E-state index < -0.39 is 114 Å². The zero-order chi connectivity index (χ0) is 52.7. The minimum Gasteiger partial charge on any atom is -0.508 e. The summed E-state index contributed by atoms with van der Waals surface area (Å²) >= 11 is 12.4. The number of amides is 9. The third-order valence-electron chi connectivity index (χ3n) is 10.7. The van der Waals surface area contributed by atoms with Crippen molar-refractivity contribution < 1.29 is 58.2 Å². The quantitative estimate of drug-likeness (QED) is 0.0150. The molecule has 0 saturated carbocycles. The minimum absolute atomic E-state index is 0.0134. The van der Waals surface area contributed by atoms with Gasteiger partial charge in [0.1, 0.15) is 48.0 Å². The summed E-state index contributed by atoms with van der Waals surface area (Å²) < 4.78 is 0. The predicted octanol–water partition coefficient (Wildman–Crippen LogP) is -4.48. The van der Waals surface area contributed by atoms with Gasteiger partial charge >= 0.3 is 5.97 Å². The minimum atomic E-state index is -1.47. The van der Waals surface area contributed by atoms with Crippen LogP contribution in [-0.2, 0) is 54.4 Å². The number of guanidine groups is 1. The number of likely N-dealkylation sites (tertiary alicyclic amines) is 1. The first-order chi connectivity index (χ1) is 33.0. The molecule has 0 aromatic heterocycles. The second-order valence-corrected chi connectivity index (χ2v) is 17.9. The number of primary amides is 1. The lowest BCUT2D eigenvalue weighted by atomic mass is 10.0. The first kappa shape index (κ1) is 60.1. The Morgan fingerprint density at radius 2 is 1.26 bits per heavy atom. The number of benzene rings is 1. The van der Waals surface area contributed by atoms with E-state index in [4.69, 9.17) is 22.9 Å². The topological polar surface area (TPSA) is 415 Å². The maximum Gasteiger partial charge on any atom is 0.326 e. The van der Waals surface area contributed by atoms with E-state index >= 15 is 0 Å². The van der Waals surface area contributed by atoms with Crippen LogP contribution < -0.4 is 60.2 Å². The van der Waals surface area contributed by atoms with E-state index in [9.17, 15) is 58.2 Å². The number of nitrogens with zero attached hydrogens (tertiary/aromatic N) is 2. The Labute approximate surface area is 421 Å². The summed E-state index contributed by atoms with van der Waals surface area (Å²) in [5.41, 5.74) is 22.3. The standard InChI is InChI=1S/C42H67N13O12S3/c1-21(2)15-27(37(62)54-29(19-69)38(63)50-26(41(66)67)5-3-13-47-42(45)46)52-39(64)30(20-70)53-36(61)25(11-12-32(44)57)49-40(65)31-6-4-14-55(31)33(58)17-48-35(60)28(51-34(59)24(43)18-68)16-22-7-9-23(56)10-8-22/h7-10,21,24-31,56,68-70H,3-6,11-20,43H2,1-2H3,(H2,44,57)(H,48,60)(H,49,65)(H,50,63)(H,51,59)(H,52,64)(H,53,61)(H,54,62)(H,66,67)(H4,45,46,47)/t24-,25-,26-,27-,28-,29-,30-,31-/m0/s1. The molecule has 390 valence electrons. The van der Waals surface area contributed by atoms with Crippen molar-refractivity contribution in [3.05, 3.63) is 29.8 Å². The Hall–Kier alpha value is -6.00. The van der Waals surface area contributed by atoms with Gasteiger partial charge in [-0.3, -0.25) is 48.1 Å². The molecular formula is C42H67N13O12S3. The van der Waals surface area contributed by atoms with Gasteiger partial charge in [-0.1, -0.05) is 26.0 Å². The molecule has 2 rings (SSSR count). The molecule has 70 heavy (non-hydrogen) atoms. The van der Waals surface area contributed by atoms with Gasteiger partial charge in [0.15, 0.2) is 5.96 Å². The molecule has 1 aromatic rings. The number of aliphatic carboxylic acids is 1. The molecule has 0 bridgehead atoms. The highest BCUT2D eigenvalue weighted by Crippen LogP contribution is 2.19. The predicted molar refractivity (Wildman–Crippen MR) is 266 cm³/mol. The molecule has 8 atom stereocenters. The molecule has 17 N–H and O–H groups in total. The number of nitrogens with two attached hydrogens (primary N) is 4. The molecule has 1 heterocycles. The molecular weight excluding hydrogens is 975 g/mol. The van der Waals surface area contributed by atoms with Crippen LogP contribution in [-0.4, -0.2) is 165 Å². The number of hydrogen-bond donors (Lipinski definition) is 16. The van der Waals surface area contributed by atoms with E-state index in [-0.39, 0.29) is 92.9 Å². The van der Waals surface area contributed by atoms with Crippen LogP contribution in [0.1, 0.15) is 64.4 Å². The molecule has 0 aliphatic carbocycles. The molecule has 1 aliphatic rings. The van der Waals surface area contributed by atoms with Gasteiger partial charge in [-0.2, -0.15) is 37.9 Å². The number of thiol groups is 3. The average Bonchev–Trinajstić information content (AvgIpc) is 3.81. The zero-order valence-electron chi connectivity index (χ0n) is 38.9. The molecule has 1 aromatic carbocycles. The molecule has 25 nitrogen and oxygen atoms in total. The Morgan fingerprint density at radius 1 is 0.714 bits per heavy atom. The molecule has 1 aliphatic heterocycles. The van der Waals surface area contributed by atoms with E-state index in [2.05, 4.69) is 80.1 Å².